The molecule has 0 bridgehead atoms. The molecular weight excluding hydrogens is 270 g/mol. The Hall–Kier alpha value is -1.95. The molecule has 0 aromatic carbocycles. The summed E-state index contributed by atoms with van der Waals surface area (Å²) in [4.78, 5) is 35.7. The maximum absolute atomic E-state index is 12.4. The molecule has 1 atom stereocenters. The molecule has 21 heavy (non-hydrogen) atoms. The summed E-state index contributed by atoms with van der Waals surface area (Å²) in [5.41, 5.74) is 0.841. The van der Waals surface area contributed by atoms with Crippen molar-refractivity contribution >= 4 is 11.8 Å². The van der Waals surface area contributed by atoms with Gasteiger partial charge in [-0.25, -0.2) is 5.06 Å². The van der Waals surface area contributed by atoms with E-state index < -0.39 is 0 Å². The number of aromatic nitrogens is 1. The van der Waals surface area contributed by atoms with Crippen molar-refractivity contribution in [3.63, 3.8) is 0 Å². The van der Waals surface area contributed by atoms with E-state index in [1.54, 1.807) is 11.1 Å². The highest BCUT2D eigenvalue weighted by molar-refractivity contribution is 5.88. The van der Waals surface area contributed by atoms with Crippen LogP contribution in [0.5, 0.6) is 0 Å². The van der Waals surface area contributed by atoms with Crippen molar-refractivity contribution in [1.82, 2.24) is 14.9 Å². The first-order valence-electron chi connectivity index (χ1n) is 7.36. The van der Waals surface area contributed by atoms with E-state index in [9.17, 15) is 9.59 Å². The minimum atomic E-state index is -0.292. The van der Waals surface area contributed by atoms with Crippen LogP contribution < -0.4 is 0 Å². The van der Waals surface area contributed by atoms with Crippen molar-refractivity contribution < 1.29 is 14.4 Å². The van der Waals surface area contributed by atoms with E-state index in [1.165, 1.54) is 5.06 Å². The maximum atomic E-state index is 12.4. The van der Waals surface area contributed by atoms with Crippen LogP contribution in [0.3, 0.4) is 0 Å². The molecule has 0 N–H and O–H groups in total. The van der Waals surface area contributed by atoms with Crippen LogP contribution in [0, 0.1) is 5.92 Å². The second kappa shape index (κ2) is 6.22. The van der Waals surface area contributed by atoms with E-state index in [2.05, 4.69) is 4.98 Å². The number of carbonyl (C=O) groups excluding carboxylic acids is 2. The first-order valence-corrected chi connectivity index (χ1v) is 7.36. The van der Waals surface area contributed by atoms with Gasteiger partial charge in [0.15, 0.2) is 0 Å². The first-order chi connectivity index (χ1) is 10.2. The molecule has 2 saturated heterocycles. The van der Waals surface area contributed by atoms with Crippen LogP contribution >= 0.6 is 0 Å². The van der Waals surface area contributed by atoms with Crippen LogP contribution in [0.15, 0.2) is 24.4 Å². The molecule has 2 aliphatic rings. The normalized spacial score (nSPS) is 22.7. The third-order valence-electron chi connectivity index (χ3n) is 3.89. The Morgan fingerprint density at radius 2 is 2.29 bits per heavy atom. The van der Waals surface area contributed by atoms with Crippen molar-refractivity contribution in [3.05, 3.63) is 30.1 Å². The lowest BCUT2D eigenvalue weighted by Crippen LogP contribution is -2.40. The molecule has 2 fully saturated rings. The zero-order valence-corrected chi connectivity index (χ0v) is 11.9. The molecule has 1 aromatic heterocycles. The van der Waals surface area contributed by atoms with Crippen molar-refractivity contribution in [2.24, 2.45) is 5.92 Å². The largest absolute Gasteiger partial charge is 0.336 e. The van der Waals surface area contributed by atoms with Crippen LogP contribution in [0.4, 0.5) is 0 Å². The molecule has 1 aromatic rings. The molecule has 0 spiro atoms. The zero-order valence-electron chi connectivity index (χ0n) is 11.9. The fraction of sp³-hybridized carbons (Fsp3) is 0.533. The van der Waals surface area contributed by atoms with Gasteiger partial charge in [-0.2, -0.15) is 0 Å². The van der Waals surface area contributed by atoms with Gasteiger partial charge in [0.1, 0.15) is 0 Å². The third kappa shape index (κ3) is 3.21. The van der Waals surface area contributed by atoms with Crippen LogP contribution in [0.2, 0.25) is 0 Å². The molecular formula is C15H19N3O3. The average Bonchev–Trinajstić information content (AvgIpc) is 2.89. The number of hydrogen-bond donors (Lipinski definition) is 0. The van der Waals surface area contributed by atoms with Gasteiger partial charge in [0.2, 0.25) is 5.91 Å². The Balaban J connectivity index is 1.60. The van der Waals surface area contributed by atoms with E-state index in [1.807, 2.05) is 18.2 Å². The smallest absolute Gasteiger partial charge is 0.251 e. The quantitative estimate of drug-likeness (QED) is 0.832. The van der Waals surface area contributed by atoms with Crippen molar-refractivity contribution in [2.75, 3.05) is 19.7 Å². The molecule has 6 nitrogen and oxygen atoms in total. The molecule has 0 radical (unpaired) electrons. The van der Waals surface area contributed by atoms with E-state index in [-0.39, 0.29) is 24.2 Å². The van der Waals surface area contributed by atoms with Gasteiger partial charge in [-0.3, -0.25) is 19.4 Å². The van der Waals surface area contributed by atoms with Gasteiger partial charge < -0.3 is 4.90 Å². The predicted molar refractivity (Wildman–Crippen MR) is 74.7 cm³/mol. The molecule has 1 unspecified atom stereocenters. The minimum Gasteiger partial charge on any atom is -0.336 e. The van der Waals surface area contributed by atoms with Gasteiger partial charge in [-0.15, -0.1) is 0 Å². The molecule has 3 heterocycles. The Labute approximate surface area is 123 Å². The number of hydrogen-bond acceptors (Lipinski definition) is 4. The Bertz CT molecular complexity index is 514. The fourth-order valence-electron chi connectivity index (χ4n) is 2.75. The number of nitrogens with zero attached hydrogens (tertiary/aromatic N) is 3. The fourth-order valence-corrected chi connectivity index (χ4v) is 2.75. The Kier molecular flexibility index (Phi) is 4.15. The van der Waals surface area contributed by atoms with Crippen molar-refractivity contribution in [1.29, 1.82) is 0 Å². The van der Waals surface area contributed by atoms with Crippen molar-refractivity contribution in [3.8, 4) is 0 Å². The molecule has 0 saturated carbocycles. The summed E-state index contributed by atoms with van der Waals surface area (Å²) in [5.74, 6) is -0.345. The summed E-state index contributed by atoms with van der Waals surface area (Å²) in [6, 6.07) is 5.62. The summed E-state index contributed by atoms with van der Waals surface area (Å²) in [5, 5.41) is 1.44. The summed E-state index contributed by atoms with van der Waals surface area (Å²) in [6.07, 6.45) is 3.93. The monoisotopic (exact) mass is 289 g/mol. The highest BCUT2D eigenvalue weighted by Gasteiger charge is 2.37. The number of hydroxylamine groups is 2. The van der Waals surface area contributed by atoms with Gasteiger partial charge in [-0.05, 0) is 25.0 Å². The third-order valence-corrected chi connectivity index (χ3v) is 3.89. The maximum Gasteiger partial charge on any atom is 0.251 e. The molecule has 3 rings (SSSR count). The predicted octanol–water partition coefficient (Wildman–Crippen LogP) is 0.984. The van der Waals surface area contributed by atoms with E-state index >= 15 is 0 Å². The number of amides is 2. The van der Waals surface area contributed by atoms with Crippen LogP contribution in [-0.4, -0.2) is 46.5 Å². The molecule has 0 aliphatic carbocycles. The van der Waals surface area contributed by atoms with Crippen molar-refractivity contribution in [2.45, 2.75) is 25.8 Å². The summed E-state index contributed by atoms with van der Waals surface area (Å²) >= 11 is 0. The summed E-state index contributed by atoms with van der Waals surface area (Å²) in [7, 11) is 0. The number of carbonyl (C=O) groups is 2. The van der Waals surface area contributed by atoms with Gasteiger partial charge in [0.05, 0.1) is 24.8 Å². The molecule has 2 aliphatic heterocycles. The second-order valence-corrected chi connectivity index (χ2v) is 5.48. The van der Waals surface area contributed by atoms with Crippen LogP contribution in [-0.2, 0) is 21.0 Å². The zero-order chi connectivity index (χ0) is 14.7. The topological polar surface area (TPSA) is 62.7 Å². The van der Waals surface area contributed by atoms with Gasteiger partial charge in [0.25, 0.3) is 5.91 Å². The van der Waals surface area contributed by atoms with Crippen LogP contribution in [0.25, 0.3) is 0 Å². The van der Waals surface area contributed by atoms with Crippen LogP contribution in [0.1, 0.15) is 25.0 Å². The SMILES string of the molecule is O=C1CC(C(=O)N2CCCCO2)CN1Cc1ccccn1. The summed E-state index contributed by atoms with van der Waals surface area (Å²) < 4.78 is 0. The molecule has 6 heteroatoms. The van der Waals surface area contributed by atoms with Gasteiger partial charge >= 0.3 is 0 Å². The highest BCUT2D eigenvalue weighted by atomic mass is 16.7. The van der Waals surface area contributed by atoms with Gasteiger partial charge in [-0.1, -0.05) is 6.07 Å². The lowest BCUT2D eigenvalue weighted by atomic mass is 10.1. The highest BCUT2D eigenvalue weighted by Crippen LogP contribution is 2.23. The number of rotatable bonds is 3. The van der Waals surface area contributed by atoms with Gasteiger partial charge in [0, 0.05) is 25.7 Å². The molecule has 2 amide bonds. The average molecular weight is 289 g/mol. The van der Waals surface area contributed by atoms with E-state index in [4.69, 9.17) is 4.84 Å². The second-order valence-electron chi connectivity index (χ2n) is 5.48. The lowest BCUT2D eigenvalue weighted by molar-refractivity contribution is -0.200. The van der Waals surface area contributed by atoms with E-state index in [0.717, 1.165) is 18.5 Å². The number of pyridine rings is 1. The Morgan fingerprint density at radius 1 is 1.38 bits per heavy atom. The van der Waals surface area contributed by atoms with E-state index in [0.29, 0.717) is 26.2 Å². The molecule has 112 valence electrons. The standard InChI is InChI=1S/C15H19N3O3/c19-14-9-12(15(20)18-7-3-4-8-21-18)10-17(14)11-13-5-1-2-6-16-13/h1-2,5-6,12H,3-4,7-11H2. The lowest BCUT2D eigenvalue weighted by Gasteiger charge is -2.28. The Morgan fingerprint density at radius 3 is 3.00 bits per heavy atom. The summed E-state index contributed by atoms with van der Waals surface area (Å²) in [6.45, 7) is 2.13. The first kappa shape index (κ1) is 14.0. The minimum absolute atomic E-state index is 0.0102. The number of likely N-dealkylation sites (tertiary alicyclic amines) is 1.